The predicted molar refractivity (Wildman–Crippen MR) is 49.0 cm³/mol. The van der Waals surface area contributed by atoms with E-state index in [0.717, 1.165) is 17.7 Å². The average Bonchev–Trinajstić information content (AvgIpc) is 2.53. The van der Waals surface area contributed by atoms with Crippen LogP contribution in [0, 0.1) is 5.92 Å². The van der Waals surface area contributed by atoms with Crippen LogP contribution in [0.2, 0.25) is 0 Å². The largest absolute Gasteiger partial charge is 0.394 e. The van der Waals surface area contributed by atoms with Crippen molar-refractivity contribution in [1.82, 2.24) is 9.78 Å². The van der Waals surface area contributed by atoms with Gasteiger partial charge in [0.1, 0.15) is 0 Å². The van der Waals surface area contributed by atoms with Gasteiger partial charge < -0.3 is 10.8 Å². The monoisotopic (exact) mass is 181 g/mol. The molecule has 0 saturated heterocycles. The van der Waals surface area contributed by atoms with E-state index in [1.54, 1.807) is 4.68 Å². The van der Waals surface area contributed by atoms with Crippen LogP contribution in [0.3, 0.4) is 0 Å². The molecule has 0 radical (unpaired) electrons. The van der Waals surface area contributed by atoms with Crippen LogP contribution < -0.4 is 5.73 Å². The summed E-state index contributed by atoms with van der Waals surface area (Å²) in [7, 11) is 1.88. The van der Waals surface area contributed by atoms with Crippen molar-refractivity contribution >= 4 is 0 Å². The molecule has 1 heterocycles. The molecule has 72 valence electrons. The van der Waals surface area contributed by atoms with Crippen LogP contribution in [0.25, 0.3) is 0 Å². The van der Waals surface area contributed by atoms with Crippen LogP contribution in [0.5, 0.6) is 0 Å². The van der Waals surface area contributed by atoms with Gasteiger partial charge in [0.05, 0.1) is 17.8 Å². The maximum absolute atomic E-state index is 9.29. The molecule has 3 N–H and O–H groups in total. The van der Waals surface area contributed by atoms with Gasteiger partial charge in [-0.3, -0.25) is 4.68 Å². The number of nitrogens with two attached hydrogens (primary N) is 1. The van der Waals surface area contributed by atoms with Crippen molar-refractivity contribution in [2.75, 3.05) is 6.61 Å². The molecule has 1 aliphatic carbocycles. The number of aryl methyl sites for hydroxylation is 1. The Hall–Kier alpha value is -0.870. The first-order chi connectivity index (χ1) is 6.08. The average molecular weight is 181 g/mol. The van der Waals surface area contributed by atoms with E-state index in [2.05, 4.69) is 12.0 Å². The smallest absolute Gasteiger partial charge is 0.0707 e. The molecule has 0 saturated carbocycles. The normalized spacial score (nSPS) is 32.2. The van der Waals surface area contributed by atoms with Crippen molar-refractivity contribution in [2.24, 2.45) is 18.7 Å². The molecule has 2 atom stereocenters. The molecule has 2 unspecified atom stereocenters. The van der Waals surface area contributed by atoms with E-state index in [9.17, 15) is 5.11 Å². The van der Waals surface area contributed by atoms with E-state index in [-0.39, 0.29) is 12.5 Å². The van der Waals surface area contributed by atoms with E-state index in [1.807, 2.05) is 13.2 Å². The molecule has 0 spiro atoms. The van der Waals surface area contributed by atoms with Gasteiger partial charge in [-0.15, -0.1) is 0 Å². The third kappa shape index (κ3) is 1.02. The lowest BCUT2D eigenvalue weighted by atomic mass is 9.87. The zero-order chi connectivity index (χ0) is 9.64. The Bertz CT molecular complexity index is 334. The summed E-state index contributed by atoms with van der Waals surface area (Å²) in [5, 5.41) is 13.6. The first kappa shape index (κ1) is 8.72. The van der Waals surface area contributed by atoms with E-state index in [4.69, 9.17) is 5.73 Å². The number of aliphatic hydroxyl groups is 1. The van der Waals surface area contributed by atoms with Crippen LogP contribution in [0.1, 0.15) is 18.2 Å². The quantitative estimate of drug-likeness (QED) is 0.628. The molecule has 1 aliphatic rings. The lowest BCUT2D eigenvalue weighted by Crippen LogP contribution is -2.43. The summed E-state index contributed by atoms with van der Waals surface area (Å²) in [6.07, 6.45) is 2.78. The highest BCUT2D eigenvalue weighted by Gasteiger charge is 2.42. The SMILES string of the molecule is CC1Cc2nn(C)cc2C1(N)CO. The fourth-order valence-electron chi connectivity index (χ4n) is 2.05. The van der Waals surface area contributed by atoms with E-state index in [1.165, 1.54) is 0 Å². The summed E-state index contributed by atoms with van der Waals surface area (Å²) in [5.41, 5.74) is 7.58. The summed E-state index contributed by atoms with van der Waals surface area (Å²) < 4.78 is 1.76. The molecule has 0 fully saturated rings. The van der Waals surface area contributed by atoms with Gasteiger partial charge in [-0.25, -0.2) is 0 Å². The maximum atomic E-state index is 9.29. The van der Waals surface area contributed by atoms with Crippen LogP contribution in [-0.2, 0) is 19.0 Å². The Balaban J connectivity index is 2.50. The molecule has 0 aliphatic heterocycles. The maximum Gasteiger partial charge on any atom is 0.0707 e. The Labute approximate surface area is 77.4 Å². The van der Waals surface area contributed by atoms with Crippen molar-refractivity contribution in [3.63, 3.8) is 0 Å². The standard InChI is InChI=1S/C9H15N3O/c1-6-3-8-7(4-12(2)11-8)9(6,10)5-13/h4,6,13H,3,5,10H2,1-2H3. The van der Waals surface area contributed by atoms with Gasteiger partial charge in [-0.2, -0.15) is 5.10 Å². The third-order valence-corrected chi connectivity index (χ3v) is 3.05. The Morgan fingerprint density at radius 1 is 1.85 bits per heavy atom. The highest BCUT2D eigenvalue weighted by molar-refractivity contribution is 5.33. The van der Waals surface area contributed by atoms with Gasteiger partial charge in [0.15, 0.2) is 0 Å². The van der Waals surface area contributed by atoms with E-state index >= 15 is 0 Å². The van der Waals surface area contributed by atoms with Gasteiger partial charge in [0.2, 0.25) is 0 Å². The number of hydrogen-bond donors (Lipinski definition) is 2. The summed E-state index contributed by atoms with van der Waals surface area (Å²) >= 11 is 0. The van der Waals surface area contributed by atoms with Crippen LogP contribution in [0.4, 0.5) is 0 Å². The lowest BCUT2D eigenvalue weighted by Gasteiger charge is -2.26. The molecular weight excluding hydrogens is 166 g/mol. The topological polar surface area (TPSA) is 64.1 Å². The Morgan fingerprint density at radius 3 is 3.15 bits per heavy atom. The highest BCUT2D eigenvalue weighted by Crippen LogP contribution is 2.38. The minimum absolute atomic E-state index is 0.00708. The first-order valence-corrected chi connectivity index (χ1v) is 4.50. The fraction of sp³-hybridized carbons (Fsp3) is 0.667. The molecule has 2 rings (SSSR count). The van der Waals surface area contributed by atoms with Crippen molar-refractivity contribution in [1.29, 1.82) is 0 Å². The predicted octanol–water partition coefficient (Wildman–Crippen LogP) is -0.241. The second kappa shape index (κ2) is 2.56. The number of fused-ring (bicyclic) bond motifs is 1. The van der Waals surface area contributed by atoms with Gasteiger partial charge in [-0.05, 0) is 12.3 Å². The molecule has 13 heavy (non-hydrogen) atoms. The van der Waals surface area contributed by atoms with Crippen LogP contribution in [-0.4, -0.2) is 21.5 Å². The third-order valence-electron chi connectivity index (χ3n) is 3.05. The Kier molecular flexibility index (Phi) is 1.72. The van der Waals surface area contributed by atoms with Gasteiger partial charge in [0, 0.05) is 18.8 Å². The second-order valence-electron chi connectivity index (χ2n) is 3.97. The summed E-state index contributed by atoms with van der Waals surface area (Å²) in [6, 6.07) is 0. The molecule has 1 aromatic heterocycles. The van der Waals surface area contributed by atoms with Crippen LogP contribution >= 0.6 is 0 Å². The van der Waals surface area contributed by atoms with Crippen LogP contribution in [0.15, 0.2) is 6.20 Å². The minimum atomic E-state index is -0.580. The van der Waals surface area contributed by atoms with Crippen molar-refractivity contribution in [2.45, 2.75) is 18.9 Å². The van der Waals surface area contributed by atoms with E-state index < -0.39 is 5.54 Å². The zero-order valence-electron chi connectivity index (χ0n) is 7.99. The molecule has 0 aromatic carbocycles. The second-order valence-corrected chi connectivity index (χ2v) is 3.97. The minimum Gasteiger partial charge on any atom is -0.394 e. The lowest BCUT2D eigenvalue weighted by molar-refractivity contribution is 0.159. The van der Waals surface area contributed by atoms with Crippen molar-refractivity contribution in [3.05, 3.63) is 17.5 Å². The molecule has 1 aromatic rings. The van der Waals surface area contributed by atoms with Gasteiger partial charge in [-0.1, -0.05) is 6.92 Å². The Morgan fingerprint density at radius 2 is 2.54 bits per heavy atom. The number of rotatable bonds is 1. The molecule has 4 heteroatoms. The summed E-state index contributed by atoms with van der Waals surface area (Å²) in [6.45, 7) is 2.05. The molecule has 4 nitrogen and oxygen atoms in total. The van der Waals surface area contributed by atoms with Gasteiger partial charge in [0.25, 0.3) is 0 Å². The van der Waals surface area contributed by atoms with E-state index in [0.29, 0.717) is 0 Å². The highest BCUT2D eigenvalue weighted by atomic mass is 16.3. The summed E-state index contributed by atoms with van der Waals surface area (Å²) in [4.78, 5) is 0. The van der Waals surface area contributed by atoms with Crippen molar-refractivity contribution < 1.29 is 5.11 Å². The fourth-order valence-corrected chi connectivity index (χ4v) is 2.05. The number of aromatic nitrogens is 2. The molecular formula is C9H15N3O. The number of hydrogen-bond acceptors (Lipinski definition) is 3. The molecule has 0 bridgehead atoms. The summed E-state index contributed by atoms with van der Waals surface area (Å²) in [5.74, 6) is 0.274. The first-order valence-electron chi connectivity index (χ1n) is 4.50. The van der Waals surface area contributed by atoms with Crippen molar-refractivity contribution in [3.8, 4) is 0 Å². The molecule has 0 amide bonds. The number of aliphatic hydroxyl groups excluding tert-OH is 1. The zero-order valence-corrected chi connectivity index (χ0v) is 7.99. The van der Waals surface area contributed by atoms with Gasteiger partial charge >= 0.3 is 0 Å². The number of nitrogens with zero attached hydrogens (tertiary/aromatic N) is 2.